The van der Waals surface area contributed by atoms with E-state index in [1.54, 1.807) is 0 Å². The average Bonchev–Trinajstić information content (AvgIpc) is 2.62. The highest BCUT2D eigenvalue weighted by atomic mass is 16.5. The summed E-state index contributed by atoms with van der Waals surface area (Å²) in [4.78, 5) is 27.3. The zero-order valence-electron chi connectivity index (χ0n) is 12.2. The molecule has 2 heterocycles. The first-order chi connectivity index (χ1) is 9.49. The summed E-state index contributed by atoms with van der Waals surface area (Å²) in [5, 5.41) is 9.07. The smallest absolute Gasteiger partial charge is 0.320 e. The fourth-order valence-electron chi connectivity index (χ4n) is 3.03. The van der Waals surface area contributed by atoms with Gasteiger partial charge in [-0.25, -0.2) is 4.79 Å². The van der Waals surface area contributed by atoms with E-state index in [2.05, 4.69) is 0 Å². The molecule has 0 aromatic heterocycles. The quantitative estimate of drug-likeness (QED) is 0.790. The minimum absolute atomic E-state index is 0.0168. The van der Waals surface area contributed by atoms with E-state index >= 15 is 0 Å². The van der Waals surface area contributed by atoms with E-state index in [9.17, 15) is 9.59 Å². The molecule has 6 nitrogen and oxygen atoms in total. The van der Waals surface area contributed by atoms with Gasteiger partial charge in [0.25, 0.3) is 0 Å². The number of carboxylic acids is 1. The summed E-state index contributed by atoms with van der Waals surface area (Å²) < 4.78 is 5.56. The molecule has 2 fully saturated rings. The number of likely N-dealkylation sites (tertiary alicyclic amines) is 1. The Labute approximate surface area is 119 Å². The van der Waals surface area contributed by atoms with Crippen molar-refractivity contribution in [2.24, 2.45) is 5.92 Å². The van der Waals surface area contributed by atoms with Crippen LogP contribution in [0.15, 0.2) is 0 Å². The summed E-state index contributed by atoms with van der Waals surface area (Å²) >= 11 is 0. The first kappa shape index (κ1) is 15.1. The maximum absolute atomic E-state index is 12.6. The topological polar surface area (TPSA) is 70.1 Å². The number of nitrogens with zero attached hydrogens (tertiary/aromatic N) is 2. The molecule has 3 unspecified atom stereocenters. The first-order valence-corrected chi connectivity index (χ1v) is 7.39. The Morgan fingerprint density at radius 2 is 2.00 bits per heavy atom. The van der Waals surface area contributed by atoms with Crippen molar-refractivity contribution in [3.8, 4) is 0 Å². The molecule has 0 radical (unpaired) electrons. The minimum Gasteiger partial charge on any atom is -0.481 e. The van der Waals surface area contributed by atoms with Crippen LogP contribution in [-0.2, 0) is 9.53 Å². The SMILES string of the molecule is CC1CN(C(=O)N2CCC(C(=O)O)CC2C)CCCO1. The Morgan fingerprint density at radius 3 is 2.65 bits per heavy atom. The van der Waals surface area contributed by atoms with Crippen LogP contribution in [0.2, 0.25) is 0 Å². The molecule has 2 aliphatic rings. The predicted octanol–water partition coefficient (Wildman–Crippen LogP) is 1.40. The summed E-state index contributed by atoms with van der Waals surface area (Å²) in [5.74, 6) is -1.07. The van der Waals surface area contributed by atoms with Gasteiger partial charge in [0.2, 0.25) is 0 Å². The largest absolute Gasteiger partial charge is 0.481 e. The lowest BCUT2D eigenvalue weighted by atomic mass is 9.92. The molecule has 6 heteroatoms. The zero-order chi connectivity index (χ0) is 14.7. The second kappa shape index (κ2) is 6.43. The standard InChI is InChI=1S/C14H24N2O4/c1-10-8-12(13(17)18)4-6-16(10)14(19)15-5-3-7-20-11(2)9-15/h10-12H,3-9H2,1-2H3,(H,17,18). The molecule has 2 amide bonds. The molecule has 2 saturated heterocycles. The van der Waals surface area contributed by atoms with Gasteiger partial charge in [0.05, 0.1) is 12.0 Å². The molecule has 1 N–H and O–H groups in total. The number of piperidine rings is 1. The highest BCUT2D eigenvalue weighted by molar-refractivity contribution is 5.76. The Balaban J connectivity index is 1.96. The van der Waals surface area contributed by atoms with E-state index in [0.29, 0.717) is 32.5 Å². The van der Waals surface area contributed by atoms with Crippen LogP contribution in [0.1, 0.15) is 33.1 Å². The van der Waals surface area contributed by atoms with Crippen LogP contribution in [0, 0.1) is 5.92 Å². The van der Waals surface area contributed by atoms with E-state index in [0.717, 1.165) is 13.0 Å². The van der Waals surface area contributed by atoms with Crippen LogP contribution >= 0.6 is 0 Å². The normalized spacial score (nSPS) is 31.8. The molecule has 114 valence electrons. The molecule has 2 aliphatic heterocycles. The Bertz CT molecular complexity index is 374. The summed E-state index contributed by atoms with van der Waals surface area (Å²) in [5.41, 5.74) is 0. The van der Waals surface area contributed by atoms with Gasteiger partial charge in [-0.1, -0.05) is 0 Å². The van der Waals surface area contributed by atoms with Crippen LogP contribution in [0.25, 0.3) is 0 Å². The molecular formula is C14H24N2O4. The van der Waals surface area contributed by atoms with Crippen LogP contribution in [-0.4, -0.2) is 65.3 Å². The van der Waals surface area contributed by atoms with Gasteiger partial charge in [0.15, 0.2) is 0 Å². The van der Waals surface area contributed by atoms with Crippen molar-refractivity contribution in [3.05, 3.63) is 0 Å². The van der Waals surface area contributed by atoms with Gasteiger partial charge in [0.1, 0.15) is 0 Å². The summed E-state index contributed by atoms with van der Waals surface area (Å²) in [7, 11) is 0. The number of urea groups is 1. The molecular weight excluding hydrogens is 260 g/mol. The van der Waals surface area contributed by atoms with Gasteiger partial charge in [-0.05, 0) is 33.1 Å². The maximum atomic E-state index is 12.6. The van der Waals surface area contributed by atoms with E-state index in [4.69, 9.17) is 9.84 Å². The molecule has 2 rings (SSSR count). The summed E-state index contributed by atoms with van der Waals surface area (Å²) in [6, 6.07) is 0.00974. The number of hydrogen-bond acceptors (Lipinski definition) is 3. The zero-order valence-corrected chi connectivity index (χ0v) is 12.2. The second-order valence-electron chi connectivity index (χ2n) is 5.87. The van der Waals surface area contributed by atoms with Crippen LogP contribution < -0.4 is 0 Å². The molecule has 0 aromatic carbocycles. The van der Waals surface area contributed by atoms with Crippen molar-refractivity contribution >= 4 is 12.0 Å². The van der Waals surface area contributed by atoms with Gasteiger partial charge in [-0.3, -0.25) is 4.79 Å². The molecule has 0 aliphatic carbocycles. The summed E-state index contributed by atoms with van der Waals surface area (Å²) in [6.45, 7) is 6.47. The number of rotatable bonds is 1. The Morgan fingerprint density at radius 1 is 1.25 bits per heavy atom. The van der Waals surface area contributed by atoms with Gasteiger partial charge >= 0.3 is 12.0 Å². The van der Waals surface area contributed by atoms with E-state index in [1.165, 1.54) is 0 Å². The van der Waals surface area contributed by atoms with Crippen molar-refractivity contribution in [1.82, 2.24) is 9.80 Å². The lowest BCUT2D eigenvalue weighted by molar-refractivity contribution is -0.143. The average molecular weight is 284 g/mol. The molecule has 0 saturated carbocycles. The molecule has 0 bridgehead atoms. The van der Waals surface area contributed by atoms with Gasteiger partial charge < -0.3 is 19.6 Å². The maximum Gasteiger partial charge on any atom is 0.320 e. The lowest BCUT2D eigenvalue weighted by Crippen LogP contribution is -2.52. The van der Waals surface area contributed by atoms with Gasteiger partial charge in [-0.2, -0.15) is 0 Å². The monoisotopic (exact) mass is 284 g/mol. The predicted molar refractivity (Wildman–Crippen MR) is 73.5 cm³/mol. The Kier molecular flexibility index (Phi) is 4.86. The number of carboxylic acid groups (broad SMARTS) is 1. The van der Waals surface area contributed by atoms with Gasteiger partial charge in [0, 0.05) is 32.3 Å². The summed E-state index contributed by atoms with van der Waals surface area (Å²) in [6.07, 6.45) is 2.01. The van der Waals surface area contributed by atoms with Crippen molar-refractivity contribution in [2.75, 3.05) is 26.2 Å². The highest BCUT2D eigenvalue weighted by Gasteiger charge is 2.34. The number of amides is 2. The van der Waals surface area contributed by atoms with Gasteiger partial charge in [-0.15, -0.1) is 0 Å². The minimum atomic E-state index is -0.749. The van der Waals surface area contributed by atoms with E-state index in [1.807, 2.05) is 23.6 Å². The molecule has 0 spiro atoms. The molecule has 20 heavy (non-hydrogen) atoms. The number of ether oxygens (including phenoxy) is 1. The van der Waals surface area contributed by atoms with Crippen LogP contribution in [0.4, 0.5) is 4.79 Å². The lowest BCUT2D eigenvalue weighted by Gasteiger charge is -2.39. The number of hydrogen-bond donors (Lipinski definition) is 1. The fourth-order valence-corrected chi connectivity index (χ4v) is 3.03. The third-order valence-corrected chi connectivity index (χ3v) is 4.19. The highest BCUT2D eigenvalue weighted by Crippen LogP contribution is 2.24. The molecule has 0 aromatic rings. The third-order valence-electron chi connectivity index (χ3n) is 4.19. The number of carbonyl (C=O) groups excluding carboxylic acids is 1. The van der Waals surface area contributed by atoms with E-state index < -0.39 is 5.97 Å². The molecule has 3 atom stereocenters. The number of aliphatic carboxylic acids is 1. The Hall–Kier alpha value is -1.30. The van der Waals surface area contributed by atoms with Crippen LogP contribution in [0.3, 0.4) is 0 Å². The van der Waals surface area contributed by atoms with Crippen molar-refractivity contribution < 1.29 is 19.4 Å². The van der Waals surface area contributed by atoms with E-state index in [-0.39, 0.29) is 24.1 Å². The number of carbonyl (C=O) groups is 2. The second-order valence-corrected chi connectivity index (χ2v) is 5.87. The van der Waals surface area contributed by atoms with Crippen molar-refractivity contribution in [3.63, 3.8) is 0 Å². The van der Waals surface area contributed by atoms with Crippen molar-refractivity contribution in [1.29, 1.82) is 0 Å². The first-order valence-electron chi connectivity index (χ1n) is 7.39. The fraction of sp³-hybridized carbons (Fsp3) is 0.857. The van der Waals surface area contributed by atoms with Crippen LogP contribution in [0.5, 0.6) is 0 Å². The van der Waals surface area contributed by atoms with Crippen molar-refractivity contribution in [2.45, 2.75) is 45.3 Å². The third kappa shape index (κ3) is 3.42.